The molecule has 5 heteroatoms. The summed E-state index contributed by atoms with van der Waals surface area (Å²) in [7, 11) is 0. The van der Waals surface area contributed by atoms with Gasteiger partial charge in [0.1, 0.15) is 0 Å². The van der Waals surface area contributed by atoms with Gasteiger partial charge in [-0.15, -0.1) is 0 Å². The van der Waals surface area contributed by atoms with E-state index in [0.717, 1.165) is 11.1 Å². The van der Waals surface area contributed by atoms with E-state index in [9.17, 15) is 9.59 Å². The van der Waals surface area contributed by atoms with Crippen molar-refractivity contribution in [2.75, 3.05) is 26.2 Å². The van der Waals surface area contributed by atoms with Gasteiger partial charge in [0.05, 0.1) is 12.0 Å². The van der Waals surface area contributed by atoms with Crippen molar-refractivity contribution in [3.63, 3.8) is 0 Å². The van der Waals surface area contributed by atoms with E-state index in [4.69, 9.17) is 0 Å². The Bertz CT molecular complexity index is 686. The fourth-order valence-electron chi connectivity index (χ4n) is 2.88. The van der Waals surface area contributed by atoms with Crippen LogP contribution in [0.4, 0.5) is 0 Å². The number of hydrogen-bond donors (Lipinski definition) is 1. The molecular weight excluding hydrogens is 290 g/mol. The Kier molecular flexibility index (Phi) is 4.46. The maximum atomic E-state index is 12.4. The number of benzene rings is 1. The van der Waals surface area contributed by atoms with Crippen LogP contribution in [0.25, 0.3) is 0 Å². The van der Waals surface area contributed by atoms with Crippen molar-refractivity contribution in [1.82, 2.24) is 14.8 Å². The molecule has 0 radical (unpaired) electrons. The predicted octanol–water partition coefficient (Wildman–Crippen LogP) is 1.85. The van der Waals surface area contributed by atoms with Crippen molar-refractivity contribution in [2.24, 2.45) is 0 Å². The molecule has 1 fully saturated rings. The van der Waals surface area contributed by atoms with Gasteiger partial charge < -0.3 is 14.8 Å². The third kappa shape index (κ3) is 3.44. The zero-order valence-corrected chi connectivity index (χ0v) is 13.3. The largest absolute Gasteiger partial charge is 0.367 e. The highest BCUT2D eigenvalue weighted by molar-refractivity contribution is 5.94. The van der Waals surface area contributed by atoms with E-state index in [2.05, 4.69) is 4.98 Å². The normalized spacial score (nSPS) is 14.8. The molecule has 1 aliphatic rings. The average molecular weight is 311 g/mol. The number of aromatic nitrogens is 1. The van der Waals surface area contributed by atoms with Crippen LogP contribution < -0.4 is 0 Å². The number of rotatable bonds is 3. The van der Waals surface area contributed by atoms with Gasteiger partial charge in [-0.3, -0.25) is 9.59 Å². The first-order valence-electron chi connectivity index (χ1n) is 7.89. The van der Waals surface area contributed by atoms with Gasteiger partial charge in [0.25, 0.3) is 5.91 Å². The molecule has 1 saturated heterocycles. The van der Waals surface area contributed by atoms with E-state index >= 15 is 0 Å². The van der Waals surface area contributed by atoms with Crippen LogP contribution in [0.1, 0.15) is 21.5 Å². The second kappa shape index (κ2) is 6.69. The van der Waals surface area contributed by atoms with Crippen molar-refractivity contribution < 1.29 is 9.59 Å². The molecule has 2 heterocycles. The number of hydrogen-bond acceptors (Lipinski definition) is 2. The van der Waals surface area contributed by atoms with Gasteiger partial charge in [-0.25, -0.2) is 0 Å². The van der Waals surface area contributed by atoms with Gasteiger partial charge in [-0.05, 0) is 24.1 Å². The Morgan fingerprint density at radius 1 is 1.04 bits per heavy atom. The van der Waals surface area contributed by atoms with Crippen molar-refractivity contribution >= 4 is 11.8 Å². The lowest BCUT2D eigenvalue weighted by Crippen LogP contribution is -2.51. The van der Waals surface area contributed by atoms with Crippen LogP contribution in [-0.4, -0.2) is 52.8 Å². The van der Waals surface area contributed by atoms with E-state index in [1.54, 1.807) is 23.4 Å². The summed E-state index contributed by atoms with van der Waals surface area (Å²) in [6, 6.07) is 9.74. The highest BCUT2D eigenvalue weighted by Crippen LogP contribution is 2.12. The molecular formula is C18H21N3O2. The molecule has 0 saturated carbocycles. The van der Waals surface area contributed by atoms with Gasteiger partial charge in [0.15, 0.2) is 0 Å². The summed E-state index contributed by atoms with van der Waals surface area (Å²) >= 11 is 0. The van der Waals surface area contributed by atoms with E-state index in [0.29, 0.717) is 38.2 Å². The van der Waals surface area contributed by atoms with Crippen molar-refractivity contribution in [2.45, 2.75) is 13.3 Å². The minimum absolute atomic E-state index is 0.0252. The number of amides is 2. The molecule has 3 rings (SSSR count). The molecule has 2 aromatic rings. The Labute approximate surface area is 135 Å². The molecule has 1 aromatic heterocycles. The smallest absolute Gasteiger partial charge is 0.255 e. The van der Waals surface area contributed by atoms with Gasteiger partial charge in [0.2, 0.25) is 5.91 Å². The zero-order chi connectivity index (χ0) is 16.2. The molecule has 0 unspecified atom stereocenters. The minimum atomic E-state index is 0.0252. The number of aryl methyl sites for hydroxylation is 1. The summed E-state index contributed by atoms with van der Waals surface area (Å²) in [5.74, 6) is 0.158. The molecule has 0 spiro atoms. The molecule has 5 nitrogen and oxygen atoms in total. The van der Waals surface area contributed by atoms with Crippen LogP contribution >= 0.6 is 0 Å². The Hall–Kier alpha value is -2.56. The summed E-state index contributed by atoms with van der Waals surface area (Å²) < 4.78 is 0. The molecule has 0 atom stereocenters. The summed E-state index contributed by atoms with van der Waals surface area (Å²) in [5.41, 5.74) is 2.88. The lowest BCUT2D eigenvalue weighted by Gasteiger charge is -2.34. The standard InChI is InChI=1S/C18H21N3O2/c1-14-4-2-3-5-15(14)12-17(22)20-8-10-21(11-9-20)18(23)16-6-7-19-13-16/h2-7,13,19H,8-12H2,1H3. The van der Waals surface area contributed by atoms with Crippen LogP contribution in [-0.2, 0) is 11.2 Å². The summed E-state index contributed by atoms with van der Waals surface area (Å²) in [4.78, 5) is 31.3. The van der Waals surface area contributed by atoms with E-state index in [1.165, 1.54) is 0 Å². The lowest BCUT2D eigenvalue weighted by molar-refractivity contribution is -0.131. The highest BCUT2D eigenvalue weighted by Gasteiger charge is 2.25. The lowest BCUT2D eigenvalue weighted by atomic mass is 10.1. The number of carbonyl (C=O) groups is 2. The number of nitrogens with zero attached hydrogens (tertiary/aromatic N) is 2. The van der Waals surface area contributed by atoms with Crippen LogP contribution in [0.15, 0.2) is 42.7 Å². The molecule has 1 N–H and O–H groups in total. The third-order valence-corrected chi connectivity index (χ3v) is 4.37. The maximum Gasteiger partial charge on any atom is 0.255 e. The summed E-state index contributed by atoms with van der Waals surface area (Å²) in [6.45, 7) is 4.39. The maximum absolute atomic E-state index is 12.4. The second-order valence-corrected chi connectivity index (χ2v) is 5.88. The molecule has 2 amide bonds. The quantitative estimate of drug-likeness (QED) is 0.940. The fourth-order valence-corrected chi connectivity index (χ4v) is 2.88. The first kappa shape index (κ1) is 15.3. The first-order chi connectivity index (χ1) is 11.1. The third-order valence-electron chi connectivity index (χ3n) is 4.37. The monoisotopic (exact) mass is 311 g/mol. The van der Waals surface area contributed by atoms with E-state index in [-0.39, 0.29) is 11.8 Å². The first-order valence-corrected chi connectivity index (χ1v) is 7.89. The van der Waals surface area contributed by atoms with E-state index < -0.39 is 0 Å². The molecule has 0 bridgehead atoms. The van der Waals surface area contributed by atoms with Gasteiger partial charge in [-0.2, -0.15) is 0 Å². The molecule has 120 valence electrons. The topological polar surface area (TPSA) is 56.4 Å². The Morgan fingerprint density at radius 3 is 2.39 bits per heavy atom. The van der Waals surface area contributed by atoms with Crippen LogP contribution in [0.3, 0.4) is 0 Å². The Morgan fingerprint density at radius 2 is 1.74 bits per heavy atom. The Balaban J connectivity index is 1.55. The second-order valence-electron chi connectivity index (χ2n) is 5.88. The summed E-state index contributed by atoms with van der Waals surface area (Å²) in [5, 5.41) is 0. The van der Waals surface area contributed by atoms with Crippen molar-refractivity contribution in [1.29, 1.82) is 0 Å². The van der Waals surface area contributed by atoms with Crippen molar-refractivity contribution in [3.8, 4) is 0 Å². The predicted molar refractivity (Wildman–Crippen MR) is 88.2 cm³/mol. The minimum Gasteiger partial charge on any atom is -0.367 e. The van der Waals surface area contributed by atoms with Crippen LogP contribution in [0.5, 0.6) is 0 Å². The number of H-pyrrole nitrogens is 1. The number of piperazine rings is 1. The number of carbonyl (C=O) groups excluding carboxylic acids is 2. The van der Waals surface area contributed by atoms with Crippen LogP contribution in [0.2, 0.25) is 0 Å². The fraction of sp³-hybridized carbons (Fsp3) is 0.333. The molecule has 1 aliphatic heterocycles. The van der Waals surface area contributed by atoms with Gasteiger partial charge in [0, 0.05) is 38.6 Å². The van der Waals surface area contributed by atoms with Crippen LogP contribution in [0, 0.1) is 6.92 Å². The highest BCUT2D eigenvalue weighted by atomic mass is 16.2. The van der Waals surface area contributed by atoms with E-state index in [1.807, 2.05) is 36.1 Å². The molecule has 23 heavy (non-hydrogen) atoms. The average Bonchev–Trinajstić information content (AvgIpc) is 3.11. The number of aromatic amines is 1. The zero-order valence-electron chi connectivity index (χ0n) is 13.3. The summed E-state index contributed by atoms with van der Waals surface area (Å²) in [6.07, 6.45) is 3.88. The van der Waals surface area contributed by atoms with Gasteiger partial charge >= 0.3 is 0 Å². The van der Waals surface area contributed by atoms with Gasteiger partial charge in [-0.1, -0.05) is 24.3 Å². The molecule has 1 aromatic carbocycles. The SMILES string of the molecule is Cc1ccccc1CC(=O)N1CCN(C(=O)c2cc[nH]c2)CC1. The number of nitrogens with one attached hydrogen (secondary N) is 1. The molecule has 0 aliphatic carbocycles. The van der Waals surface area contributed by atoms with Crippen molar-refractivity contribution in [3.05, 3.63) is 59.4 Å².